The van der Waals surface area contributed by atoms with Crippen molar-refractivity contribution in [2.75, 3.05) is 7.05 Å². The van der Waals surface area contributed by atoms with Gasteiger partial charge in [-0.1, -0.05) is 24.3 Å². The van der Waals surface area contributed by atoms with Gasteiger partial charge >= 0.3 is 0 Å². The third-order valence-electron chi connectivity index (χ3n) is 3.91. The molecule has 6 nitrogen and oxygen atoms in total. The Hall–Kier alpha value is -3.41. The van der Waals surface area contributed by atoms with Gasteiger partial charge in [0.2, 0.25) is 0 Å². The second kappa shape index (κ2) is 5.66. The Morgan fingerprint density at radius 2 is 1.88 bits per heavy atom. The van der Waals surface area contributed by atoms with Crippen LogP contribution in [0.2, 0.25) is 0 Å². The first-order chi connectivity index (χ1) is 11.8. The van der Waals surface area contributed by atoms with Crippen molar-refractivity contribution in [3.63, 3.8) is 0 Å². The molecule has 0 spiro atoms. The van der Waals surface area contributed by atoms with Crippen LogP contribution in [0.4, 0.5) is 0 Å². The van der Waals surface area contributed by atoms with Crippen LogP contribution in [0.15, 0.2) is 54.9 Å². The van der Waals surface area contributed by atoms with Crippen LogP contribution in [-0.4, -0.2) is 32.9 Å². The maximum absolute atomic E-state index is 11.8. The maximum atomic E-state index is 11.8. The molecular formula is C18H15N5O. The van der Waals surface area contributed by atoms with Crippen LogP contribution in [0.25, 0.3) is 33.8 Å². The molecule has 2 aromatic carbocycles. The number of carbonyl (C=O) groups is 1. The fourth-order valence-electron chi connectivity index (χ4n) is 2.73. The molecule has 0 saturated heterocycles. The van der Waals surface area contributed by atoms with Crippen LogP contribution in [0.3, 0.4) is 0 Å². The number of fused-ring (bicyclic) bond motifs is 1. The summed E-state index contributed by atoms with van der Waals surface area (Å²) in [6, 6.07) is 13.3. The number of aromatic amines is 2. The number of nitrogens with zero attached hydrogens (tertiary/aromatic N) is 2. The van der Waals surface area contributed by atoms with Gasteiger partial charge in [-0.25, -0.2) is 9.97 Å². The zero-order valence-electron chi connectivity index (χ0n) is 13.0. The van der Waals surface area contributed by atoms with E-state index >= 15 is 0 Å². The number of H-pyrrole nitrogens is 2. The maximum Gasteiger partial charge on any atom is 0.251 e. The fraction of sp³-hybridized carbons (Fsp3) is 0.0556. The van der Waals surface area contributed by atoms with E-state index < -0.39 is 0 Å². The molecule has 118 valence electrons. The molecule has 0 aliphatic carbocycles. The van der Waals surface area contributed by atoms with E-state index in [-0.39, 0.29) is 5.91 Å². The Labute approximate surface area is 138 Å². The second-order valence-electron chi connectivity index (χ2n) is 5.38. The zero-order chi connectivity index (χ0) is 16.5. The van der Waals surface area contributed by atoms with E-state index in [4.69, 9.17) is 0 Å². The molecule has 4 aromatic rings. The van der Waals surface area contributed by atoms with E-state index in [2.05, 4.69) is 25.3 Å². The lowest BCUT2D eigenvalue weighted by Gasteiger charge is -2.04. The van der Waals surface area contributed by atoms with E-state index in [9.17, 15) is 4.79 Å². The molecule has 0 atom stereocenters. The van der Waals surface area contributed by atoms with Crippen LogP contribution >= 0.6 is 0 Å². The van der Waals surface area contributed by atoms with Crippen molar-refractivity contribution >= 4 is 16.9 Å². The van der Waals surface area contributed by atoms with Crippen molar-refractivity contribution in [3.8, 4) is 22.8 Å². The fourth-order valence-corrected chi connectivity index (χ4v) is 2.73. The minimum absolute atomic E-state index is 0.121. The molecular weight excluding hydrogens is 302 g/mol. The number of rotatable bonds is 3. The number of aromatic nitrogens is 4. The molecule has 6 heteroatoms. The Morgan fingerprint density at radius 1 is 1.08 bits per heavy atom. The third-order valence-corrected chi connectivity index (χ3v) is 3.91. The summed E-state index contributed by atoms with van der Waals surface area (Å²) in [6.45, 7) is 0. The number of imidazole rings is 2. The Balaban J connectivity index is 1.85. The summed E-state index contributed by atoms with van der Waals surface area (Å²) in [5.74, 6) is 1.41. The van der Waals surface area contributed by atoms with E-state index in [0.29, 0.717) is 5.56 Å². The van der Waals surface area contributed by atoms with Gasteiger partial charge in [0.15, 0.2) is 0 Å². The van der Waals surface area contributed by atoms with Gasteiger partial charge in [0.1, 0.15) is 11.6 Å². The average molecular weight is 317 g/mol. The highest BCUT2D eigenvalue weighted by Crippen LogP contribution is 2.29. The molecule has 3 N–H and O–H groups in total. The predicted octanol–water partition coefficient (Wildman–Crippen LogP) is 2.98. The molecule has 0 radical (unpaired) electrons. The minimum atomic E-state index is -0.121. The van der Waals surface area contributed by atoms with Gasteiger partial charge in [0.05, 0.1) is 11.0 Å². The van der Waals surface area contributed by atoms with Gasteiger partial charge in [0, 0.05) is 36.1 Å². The largest absolute Gasteiger partial charge is 0.355 e. The SMILES string of the molecule is CNC(=O)c1ccc2nc(-c3ccccc3-c3ncc[nH]3)[nH]c2c1. The molecule has 0 fully saturated rings. The Morgan fingerprint density at radius 3 is 2.58 bits per heavy atom. The van der Waals surface area contributed by atoms with Gasteiger partial charge in [-0.05, 0) is 18.2 Å². The van der Waals surface area contributed by atoms with Crippen molar-refractivity contribution in [1.82, 2.24) is 25.3 Å². The lowest BCUT2D eigenvalue weighted by atomic mass is 10.1. The Kier molecular flexibility index (Phi) is 3.35. The smallest absolute Gasteiger partial charge is 0.251 e. The van der Waals surface area contributed by atoms with Crippen LogP contribution in [0.1, 0.15) is 10.4 Å². The second-order valence-corrected chi connectivity index (χ2v) is 5.38. The number of hydrogen-bond donors (Lipinski definition) is 3. The van der Waals surface area contributed by atoms with Gasteiger partial charge in [-0.2, -0.15) is 0 Å². The summed E-state index contributed by atoms with van der Waals surface area (Å²) in [4.78, 5) is 27.2. The van der Waals surface area contributed by atoms with Gasteiger partial charge in [0.25, 0.3) is 5.91 Å². The average Bonchev–Trinajstić information content (AvgIpc) is 3.29. The zero-order valence-corrected chi connectivity index (χ0v) is 13.0. The lowest BCUT2D eigenvalue weighted by Crippen LogP contribution is -2.17. The molecule has 0 aliphatic rings. The summed E-state index contributed by atoms with van der Waals surface area (Å²) < 4.78 is 0. The van der Waals surface area contributed by atoms with E-state index in [1.807, 2.05) is 30.3 Å². The van der Waals surface area contributed by atoms with Gasteiger partial charge in [-0.15, -0.1) is 0 Å². The predicted molar refractivity (Wildman–Crippen MR) is 92.5 cm³/mol. The monoisotopic (exact) mass is 317 g/mol. The highest BCUT2D eigenvalue weighted by atomic mass is 16.1. The number of hydrogen-bond acceptors (Lipinski definition) is 3. The molecule has 0 bridgehead atoms. The molecule has 2 aromatic heterocycles. The molecule has 4 rings (SSSR count). The van der Waals surface area contributed by atoms with Crippen molar-refractivity contribution in [3.05, 3.63) is 60.4 Å². The van der Waals surface area contributed by atoms with Crippen LogP contribution < -0.4 is 5.32 Å². The van der Waals surface area contributed by atoms with Crippen LogP contribution in [-0.2, 0) is 0 Å². The molecule has 2 heterocycles. The highest BCUT2D eigenvalue weighted by Gasteiger charge is 2.13. The number of carbonyl (C=O) groups excluding carboxylic acids is 1. The van der Waals surface area contributed by atoms with E-state index in [1.54, 1.807) is 31.6 Å². The van der Waals surface area contributed by atoms with Gasteiger partial charge < -0.3 is 15.3 Å². The first kappa shape index (κ1) is 14.2. The first-order valence-electron chi connectivity index (χ1n) is 7.57. The van der Waals surface area contributed by atoms with Crippen molar-refractivity contribution in [2.45, 2.75) is 0 Å². The van der Waals surface area contributed by atoms with Crippen molar-refractivity contribution < 1.29 is 4.79 Å². The summed E-state index contributed by atoms with van der Waals surface area (Å²) in [5, 5.41) is 2.63. The number of nitrogens with one attached hydrogen (secondary N) is 3. The molecule has 0 saturated carbocycles. The lowest BCUT2D eigenvalue weighted by molar-refractivity contribution is 0.0963. The summed E-state index contributed by atoms with van der Waals surface area (Å²) >= 11 is 0. The molecule has 1 amide bonds. The summed E-state index contributed by atoms with van der Waals surface area (Å²) in [7, 11) is 1.62. The normalized spacial score (nSPS) is 10.9. The topological polar surface area (TPSA) is 86.5 Å². The standard InChI is InChI=1S/C18H15N5O/c1-19-18(24)11-6-7-14-15(10-11)23-17(22-14)13-5-3-2-4-12(13)16-20-8-9-21-16/h2-10H,1H3,(H,19,24)(H,20,21)(H,22,23). The number of benzene rings is 2. The first-order valence-corrected chi connectivity index (χ1v) is 7.57. The minimum Gasteiger partial charge on any atom is -0.355 e. The third kappa shape index (κ3) is 2.34. The molecule has 0 unspecified atom stereocenters. The highest BCUT2D eigenvalue weighted by molar-refractivity contribution is 5.97. The molecule has 24 heavy (non-hydrogen) atoms. The van der Waals surface area contributed by atoms with Crippen molar-refractivity contribution in [2.24, 2.45) is 0 Å². The quantitative estimate of drug-likeness (QED) is 0.543. The number of amides is 1. The van der Waals surface area contributed by atoms with Gasteiger partial charge in [-0.3, -0.25) is 4.79 Å². The van der Waals surface area contributed by atoms with E-state index in [1.165, 1.54) is 0 Å². The summed E-state index contributed by atoms with van der Waals surface area (Å²) in [6.07, 6.45) is 3.51. The van der Waals surface area contributed by atoms with Crippen LogP contribution in [0, 0.1) is 0 Å². The summed E-state index contributed by atoms with van der Waals surface area (Å²) in [5.41, 5.74) is 4.14. The van der Waals surface area contributed by atoms with Crippen LogP contribution in [0.5, 0.6) is 0 Å². The Bertz CT molecular complexity index is 1020. The van der Waals surface area contributed by atoms with Crippen molar-refractivity contribution in [1.29, 1.82) is 0 Å². The molecule has 0 aliphatic heterocycles. The van der Waals surface area contributed by atoms with E-state index in [0.717, 1.165) is 33.8 Å².